The van der Waals surface area contributed by atoms with E-state index in [9.17, 15) is 0 Å². The molecule has 1 aliphatic rings. The van der Waals surface area contributed by atoms with Crippen LogP contribution in [-0.2, 0) is 13.1 Å². The number of aromatic nitrogens is 2. The summed E-state index contributed by atoms with van der Waals surface area (Å²) in [5, 5.41) is 7.95. The molecule has 17 heavy (non-hydrogen) atoms. The quantitative estimate of drug-likeness (QED) is 0.869. The molecule has 0 aliphatic heterocycles. The van der Waals surface area contributed by atoms with Crippen molar-refractivity contribution in [2.75, 3.05) is 0 Å². The summed E-state index contributed by atoms with van der Waals surface area (Å²) in [6, 6.07) is 0. The Kier molecular flexibility index (Phi) is 3.87. The summed E-state index contributed by atoms with van der Waals surface area (Å²) in [6.07, 6.45) is 9.77. The zero-order valence-corrected chi connectivity index (χ0v) is 11.4. The molecule has 1 aromatic heterocycles. The molecule has 0 saturated heterocycles. The zero-order chi connectivity index (χ0) is 12.3. The van der Waals surface area contributed by atoms with E-state index in [0.29, 0.717) is 0 Å². The van der Waals surface area contributed by atoms with Gasteiger partial charge in [-0.05, 0) is 39.5 Å². The minimum absolute atomic E-state index is 0.174. The second kappa shape index (κ2) is 5.21. The van der Waals surface area contributed by atoms with Crippen molar-refractivity contribution in [3.63, 3.8) is 0 Å². The Morgan fingerprint density at radius 2 is 2.06 bits per heavy atom. The Morgan fingerprint density at radius 3 is 2.71 bits per heavy atom. The minimum Gasteiger partial charge on any atom is -0.308 e. The number of nitrogens with one attached hydrogen (secondary N) is 1. The highest BCUT2D eigenvalue weighted by atomic mass is 15.3. The van der Waals surface area contributed by atoms with E-state index in [0.717, 1.165) is 19.0 Å². The molecule has 3 nitrogen and oxygen atoms in total. The molecule has 0 bridgehead atoms. The lowest BCUT2D eigenvalue weighted by atomic mass is 10.1. The van der Waals surface area contributed by atoms with Crippen molar-refractivity contribution in [2.24, 2.45) is 5.92 Å². The largest absolute Gasteiger partial charge is 0.308 e. The van der Waals surface area contributed by atoms with Crippen LogP contribution in [0.5, 0.6) is 0 Å². The molecule has 1 heterocycles. The second-order valence-electron chi connectivity index (χ2n) is 6.32. The highest BCUT2D eigenvalue weighted by Crippen LogP contribution is 2.25. The van der Waals surface area contributed by atoms with Crippen molar-refractivity contribution in [1.29, 1.82) is 0 Å². The molecule has 1 saturated carbocycles. The van der Waals surface area contributed by atoms with E-state index in [1.54, 1.807) is 0 Å². The smallest absolute Gasteiger partial charge is 0.0534 e. The molecule has 96 valence electrons. The van der Waals surface area contributed by atoms with Crippen LogP contribution >= 0.6 is 0 Å². The SMILES string of the molecule is CC(C)(C)NCc1cnn(CC2CCCC2)c1. The maximum atomic E-state index is 4.46. The van der Waals surface area contributed by atoms with E-state index in [4.69, 9.17) is 0 Å². The number of rotatable bonds is 4. The average Bonchev–Trinajstić information content (AvgIpc) is 2.86. The summed E-state index contributed by atoms with van der Waals surface area (Å²) >= 11 is 0. The van der Waals surface area contributed by atoms with Gasteiger partial charge >= 0.3 is 0 Å². The molecule has 2 rings (SSSR count). The predicted octanol–water partition coefficient (Wildman–Crippen LogP) is 2.96. The lowest BCUT2D eigenvalue weighted by molar-refractivity contribution is 0.420. The van der Waals surface area contributed by atoms with Crippen molar-refractivity contribution < 1.29 is 0 Å². The van der Waals surface area contributed by atoms with Crippen molar-refractivity contribution in [2.45, 2.75) is 65.1 Å². The molecule has 0 aromatic carbocycles. The van der Waals surface area contributed by atoms with Crippen molar-refractivity contribution in [1.82, 2.24) is 15.1 Å². The molecule has 1 aliphatic carbocycles. The van der Waals surface area contributed by atoms with Gasteiger partial charge in [-0.1, -0.05) is 12.8 Å². The first-order valence-electron chi connectivity index (χ1n) is 6.79. The maximum absolute atomic E-state index is 4.46. The third kappa shape index (κ3) is 4.15. The fourth-order valence-electron chi connectivity index (χ4n) is 2.42. The number of nitrogens with zero attached hydrogens (tertiary/aromatic N) is 2. The third-order valence-electron chi connectivity index (χ3n) is 3.43. The van der Waals surface area contributed by atoms with Gasteiger partial charge in [0.25, 0.3) is 0 Å². The zero-order valence-electron chi connectivity index (χ0n) is 11.4. The molecule has 0 unspecified atom stereocenters. The topological polar surface area (TPSA) is 29.9 Å². The minimum atomic E-state index is 0.174. The Morgan fingerprint density at radius 1 is 1.35 bits per heavy atom. The van der Waals surface area contributed by atoms with Gasteiger partial charge in [-0.3, -0.25) is 4.68 Å². The standard InChI is InChI=1S/C14H25N3/c1-14(2,3)15-8-13-9-16-17(11-13)10-12-6-4-5-7-12/h9,11-12,15H,4-8,10H2,1-3H3. The van der Waals surface area contributed by atoms with E-state index >= 15 is 0 Å². The number of hydrogen-bond donors (Lipinski definition) is 1. The predicted molar refractivity (Wildman–Crippen MR) is 70.8 cm³/mol. The van der Waals surface area contributed by atoms with Crippen LogP contribution in [-0.4, -0.2) is 15.3 Å². The van der Waals surface area contributed by atoms with Crippen LogP contribution in [0.4, 0.5) is 0 Å². The van der Waals surface area contributed by atoms with Gasteiger partial charge in [0.15, 0.2) is 0 Å². The maximum Gasteiger partial charge on any atom is 0.0534 e. The monoisotopic (exact) mass is 235 g/mol. The molecular formula is C14H25N3. The molecule has 3 heteroatoms. The van der Waals surface area contributed by atoms with Crippen LogP contribution in [0.25, 0.3) is 0 Å². The van der Waals surface area contributed by atoms with E-state index < -0.39 is 0 Å². The molecule has 1 fully saturated rings. The van der Waals surface area contributed by atoms with Crippen molar-refractivity contribution >= 4 is 0 Å². The third-order valence-corrected chi connectivity index (χ3v) is 3.43. The van der Waals surface area contributed by atoms with Crippen LogP contribution in [0.1, 0.15) is 52.0 Å². The Balaban J connectivity index is 1.83. The van der Waals surface area contributed by atoms with E-state index in [-0.39, 0.29) is 5.54 Å². The van der Waals surface area contributed by atoms with Gasteiger partial charge in [-0.25, -0.2) is 0 Å². The molecular weight excluding hydrogens is 210 g/mol. The lowest BCUT2D eigenvalue weighted by Crippen LogP contribution is -2.34. The first kappa shape index (κ1) is 12.6. The summed E-state index contributed by atoms with van der Waals surface area (Å²) in [5.41, 5.74) is 1.46. The summed E-state index contributed by atoms with van der Waals surface area (Å²) in [5.74, 6) is 0.860. The fourth-order valence-corrected chi connectivity index (χ4v) is 2.42. The summed E-state index contributed by atoms with van der Waals surface area (Å²) < 4.78 is 2.12. The van der Waals surface area contributed by atoms with Crippen LogP contribution in [0.3, 0.4) is 0 Å². The van der Waals surface area contributed by atoms with Crippen LogP contribution in [0, 0.1) is 5.92 Å². The molecule has 1 aromatic rings. The fraction of sp³-hybridized carbons (Fsp3) is 0.786. The second-order valence-corrected chi connectivity index (χ2v) is 6.32. The van der Waals surface area contributed by atoms with Crippen LogP contribution in [0.15, 0.2) is 12.4 Å². The van der Waals surface area contributed by atoms with Crippen LogP contribution < -0.4 is 5.32 Å². The van der Waals surface area contributed by atoms with Crippen molar-refractivity contribution in [3.05, 3.63) is 18.0 Å². The van der Waals surface area contributed by atoms with Gasteiger partial charge in [-0.2, -0.15) is 5.10 Å². The molecule has 0 radical (unpaired) electrons. The van der Waals surface area contributed by atoms with Gasteiger partial charge in [0.05, 0.1) is 6.20 Å². The van der Waals surface area contributed by atoms with E-state index in [1.807, 2.05) is 6.20 Å². The van der Waals surface area contributed by atoms with Gasteiger partial charge < -0.3 is 5.32 Å². The van der Waals surface area contributed by atoms with Gasteiger partial charge in [0.1, 0.15) is 0 Å². The first-order chi connectivity index (χ1) is 8.03. The lowest BCUT2D eigenvalue weighted by Gasteiger charge is -2.19. The summed E-state index contributed by atoms with van der Waals surface area (Å²) in [6.45, 7) is 8.59. The highest BCUT2D eigenvalue weighted by Gasteiger charge is 2.16. The highest BCUT2D eigenvalue weighted by molar-refractivity contribution is 5.04. The van der Waals surface area contributed by atoms with Crippen molar-refractivity contribution in [3.8, 4) is 0 Å². The Hall–Kier alpha value is -0.830. The van der Waals surface area contributed by atoms with E-state index in [1.165, 1.54) is 31.2 Å². The Labute approximate surface area is 105 Å². The molecule has 0 atom stereocenters. The molecule has 0 amide bonds. The Bertz CT molecular complexity index is 343. The van der Waals surface area contributed by atoms with Gasteiger partial charge in [0.2, 0.25) is 0 Å². The summed E-state index contributed by atoms with van der Waals surface area (Å²) in [7, 11) is 0. The van der Waals surface area contributed by atoms with Gasteiger partial charge in [0, 0.05) is 30.4 Å². The molecule has 0 spiro atoms. The van der Waals surface area contributed by atoms with Crippen LogP contribution in [0.2, 0.25) is 0 Å². The van der Waals surface area contributed by atoms with Gasteiger partial charge in [-0.15, -0.1) is 0 Å². The van der Waals surface area contributed by atoms with E-state index in [2.05, 4.69) is 42.1 Å². The summed E-state index contributed by atoms with van der Waals surface area (Å²) in [4.78, 5) is 0. The number of hydrogen-bond acceptors (Lipinski definition) is 2. The normalized spacial score (nSPS) is 17.8. The average molecular weight is 235 g/mol. The molecule has 1 N–H and O–H groups in total. The first-order valence-corrected chi connectivity index (χ1v) is 6.79.